The van der Waals surface area contributed by atoms with E-state index in [4.69, 9.17) is 0 Å². The summed E-state index contributed by atoms with van der Waals surface area (Å²) in [6.45, 7) is 0.454. The molecule has 0 fully saturated rings. The van der Waals surface area contributed by atoms with Crippen LogP contribution < -0.4 is 0 Å². The Hall–Kier alpha value is -1.91. The fraction of sp³-hybridized carbons (Fsp3) is 0.300. The second-order valence-corrected chi connectivity index (χ2v) is 3.64. The molecule has 0 bridgehead atoms. The van der Waals surface area contributed by atoms with Gasteiger partial charge in [-0.05, 0) is 11.1 Å². The molecule has 5 heteroatoms. The van der Waals surface area contributed by atoms with E-state index in [0.29, 0.717) is 13.0 Å². The zero-order valence-electron chi connectivity index (χ0n) is 8.27. The van der Waals surface area contributed by atoms with Crippen molar-refractivity contribution in [3.63, 3.8) is 0 Å². The monoisotopic (exact) mass is 206 g/mol. The third-order valence-corrected chi connectivity index (χ3v) is 2.58. The van der Waals surface area contributed by atoms with E-state index < -0.39 is 4.92 Å². The minimum absolute atomic E-state index is 0.0522. The van der Waals surface area contributed by atoms with Gasteiger partial charge in [-0.2, -0.15) is 0 Å². The molecule has 0 aliphatic carbocycles. The molecular formula is C10H10N2O3. The van der Waals surface area contributed by atoms with Crippen molar-refractivity contribution in [1.29, 1.82) is 0 Å². The van der Waals surface area contributed by atoms with E-state index in [2.05, 4.69) is 0 Å². The second kappa shape index (κ2) is 3.34. The maximum absolute atomic E-state index is 11.4. The summed E-state index contributed by atoms with van der Waals surface area (Å²) in [6.07, 6.45) is 0.337. The van der Waals surface area contributed by atoms with E-state index in [1.165, 1.54) is 12.1 Å². The summed E-state index contributed by atoms with van der Waals surface area (Å²) in [5, 5.41) is 10.6. The standard InChI is InChI=1S/C10H10N2O3/c1-11-6-8-4-9(12(14)15)3-2-7(8)5-10(11)13/h2-4H,5-6H2,1H3. The molecule has 1 amide bonds. The van der Waals surface area contributed by atoms with Gasteiger partial charge in [0.1, 0.15) is 0 Å². The average molecular weight is 206 g/mol. The fourth-order valence-electron chi connectivity index (χ4n) is 1.69. The summed E-state index contributed by atoms with van der Waals surface area (Å²) < 4.78 is 0. The van der Waals surface area contributed by atoms with Crippen LogP contribution in [0.3, 0.4) is 0 Å². The Balaban J connectivity index is 2.41. The minimum Gasteiger partial charge on any atom is -0.341 e. The first-order valence-corrected chi connectivity index (χ1v) is 4.58. The molecule has 1 aliphatic rings. The first-order valence-electron chi connectivity index (χ1n) is 4.58. The van der Waals surface area contributed by atoms with Crippen molar-refractivity contribution in [2.24, 2.45) is 0 Å². The van der Waals surface area contributed by atoms with Gasteiger partial charge in [0.05, 0.1) is 11.3 Å². The predicted molar refractivity (Wildman–Crippen MR) is 53.3 cm³/mol. The third-order valence-electron chi connectivity index (χ3n) is 2.58. The molecule has 1 aromatic rings. The van der Waals surface area contributed by atoms with E-state index in [-0.39, 0.29) is 11.6 Å². The van der Waals surface area contributed by atoms with Gasteiger partial charge in [-0.25, -0.2) is 0 Å². The summed E-state index contributed by atoms with van der Waals surface area (Å²) in [5.41, 5.74) is 1.84. The van der Waals surface area contributed by atoms with Crippen LogP contribution in [0.25, 0.3) is 0 Å². The lowest BCUT2D eigenvalue weighted by Gasteiger charge is -2.24. The third kappa shape index (κ3) is 1.68. The number of nitro groups is 1. The zero-order chi connectivity index (χ0) is 11.0. The Morgan fingerprint density at radius 1 is 1.40 bits per heavy atom. The van der Waals surface area contributed by atoms with Crippen LogP contribution in [0.15, 0.2) is 18.2 Å². The van der Waals surface area contributed by atoms with Gasteiger partial charge in [-0.3, -0.25) is 14.9 Å². The number of benzene rings is 1. The molecule has 0 spiro atoms. The molecule has 5 nitrogen and oxygen atoms in total. The summed E-state index contributed by atoms with van der Waals surface area (Å²) >= 11 is 0. The van der Waals surface area contributed by atoms with Crippen LogP contribution in [0.2, 0.25) is 0 Å². The normalized spacial score (nSPS) is 15.0. The first-order chi connectivity index (χ1) is 7.08. The van der Waals surface area contributed by atoms with Crippen LogP contribution >= 0.6 is 0 Å². The number of likely N-dealkylation sites (N-methyl/N-ethyl adjacent to an activating group) is 1. The molecule has 15 heavy (non-hydrogen) atoms. The van der Waals surface area contributed by atoms with E-state index in [9.17, 15) is 14.9 Å². The molecule has 78 valence electrons. The molecule has 0 atom stereocenters. The van der Waals surface area contributed by atoms with E-state index >= 15 is 0 Å². The maximum atomic E-state index is 11.4. The fourth-order valence-corrected chi connectivity index (χ4v) is 1.69. The van der Waals surface area contributed by atoms with Crippen LogP contribution in [-0.4, -0.2) is 22.8 Å². The van der Waals surface area contributed by atoms with Crippen molar-refractivity contribution in [2.45, 2.75) is 13.0 Å². The smallest absolute Gasteiger partial charge is 0.269 e. The topological polar surface area (TPSA) is 63.4 Å². The van der Waals surface area contributed by atoms with Crippen molar-refractivity contribution in [3.05, 3.63) is 39.4 Å². The van der Waals surface area contributed by atoms with Gasteiger partial charge in [0, 0.05) is 25.7 Å². The molecule has 0 saturated heterocycles. The van der Waals surface area contributed by atoms with Crippen LogP contribution in [-0.2, 0) is 17.8 Å². The van der Waals surface area contributed by atoms with Crippen LogP contribution in [0, 0.1) is 10.1 Å². The maximum Gasteiger partial charge on any atom is 0.269 e. The van der Waals surface area contributed by atoms with Gasteiger partial charge >= 0.3 is 0 Å². The van der Waals surface area contributed by atoms with Crippen LogP contribution in [0.5, 0.6) is 0 Å². The van der Waals surface area contributed by atoms with E-state index in [0.717, 1.165) is 11.1 Å². The Morgan fingerprint density at radius 3 is 2.80 bits per heavy atom. The van der Waals surface area contributed by atoms with Gasteiger partial charge in [0.2, 0.25) is 5.91 Å². The Kier molecular flexibility index (Phi) is 2.15. The number of nitrogens with zero attached hydrogens (tertiary/aromatic N) is 2. The molecule has 1 aromatic carbocycles. The highest BCUT2D eigenvalue weighted by molar-refractivity contribution is 5.80. The summed E-state index contributed by atoms with van der Waals surface area (Å²) in [4.78, 5) is 23.1. The lowest BCUT2D eigenvalue weighted by Crippen LogP contribution is -2.32. The van der Waals surface area contributed by atoms with Gasteiger partial charge in [0.25, 0.3) is 5.69 Å². The van der Waals surface area contributed by atoms with Gasteiger partial charge in [-0.15, -0.1) is 0 Å². The van der Waals surface area contributed by atoms with Gasteiger partial charge in [0.15, 0.2) is 0 Å². The summed E-state index contributed by atoms with van der Waals surface area (Å²) in [6, 6.07) is 4.65. The van der Waals surface area contributed by atoms with Crippen molar-refractivity contribution < 1.29 is 9.72 Å². The molecule has 0 radical (unpaired) electrons. The molecule has 0 aromatic heterocycles. The van der Waals surface area contributed by atoms with Crippen molar-refractivity contribution in [3.8, 4) is 0 Å². The molecule has 2 rings (SSSR count). The number of hydrogen-bond donors (Lipinski definition) is 0. The summed E-state index contributed by atoms with van der Waals surface area (Å²) in [7, 11) is 1.70. The quantitative estimate of drug-likeness (QED) is 0.510. The first kappa shape index (κ1) is 9.64. The number of amides is 1. The van der Waals surface area contributed by atoms with E-state index in [1.807, 2.05) is 0 Å². The number of carbonyl (C=O) groups excluding carboxylic acids is 1. The van der Waals surface area contributed by atoms with Gasteiger partial charge < -0.3 is 4.90 Å². The molecular weight excluding hydrogens is 196 g/mol. The lowest BCUT2D eigenvalue weighted by atomic mass is 9.99. The number of fused-ring (bicyclic) bond motifs is 1. The number of non-ortho nitro benzene ring substituents is 1. The summed E-state index contributed by atoms with van der Waals surface area (Å²) in [5.74, 6) is 0.0522. The molecule has 0 N–H and O–H groups in total. The van der Waals surface area contributed by atoms with Crippen molar-refractivity contribution >= 4 is 11.6 Å². The average Bonchev–Trinajstić information content (AvgIpc) is 2.19. The van der Waals surface area contributed by atoms with Crippen LogP contribution in [0.4, 0.5) is 5.69 Å². The second-order valence-electron chi connectivity index (χ2n) is 3.64. The zero-order valence-corrected chi connectivity index (χ0v) is 8.27. The number of rotatable bonds is 1. The molecule has 0 unspecified atom stereocenters. The lowest BCUT2D eigenvalue weighted by molar-refractivity contribution is -0.385. The molecule has 1 heterocycles. The SMILES string of the molecule is CN1Cc2cc([N+](=O)[O-])ccc2CC1=O. The van der Waals surface area contributed by atoms with Crippen molar-refractivity contribution in [2.75, 3.05) is 7.05 Å². The number of carbonyl (C=O) groups is 1. The highest BCUT2D eigenvalue weighted by Gasteiger charge is 2.21. The van der Waals surface area contributed by atoms with Crippen molar-refractivity contribution in [1.82, 2.24) is 4.90 Å². The molecule has 1 aliphatic heterocycles. The largest absolute Gasteiger partial charge is 0.341 e. The minimum atomic E-state index is -0.420. The Bertz CT molecular complexity index is 442. The van der Waals surface area contributed by atoms with Crippen LogP contribution in [0.1, 0.15) is 11.1 Å². The Labute approximate surface area is 86.5 Å². The van der Waals surface area contributed by atoms with E-state index in [1.54, 1.807) is 18.0 Å². The predicted octanol–water partition coefficient (Wildman–Crippen LogP) is 1.11. The highest BCUT2D eigenvalue weighted by atomic mass is 16.6. The highest BCUT2D eigenvalue weighted by Crippen LogP contribution is 2.23. The number of nitro benzene ring substituents is 1. The van der Waals surface area contributed by atoms with Gasteiger partial charge in [-0.1, -0.05) is 6.07 Å². The number of hydrogen-bond acceptors (Lipinski definition) is 3. The molecule has 0 saturated carbocycles. The Morgan fingerprint density at radius 2 is 2.13 bits per heavy atom.